The minimum atomic E-state index is 0.699. The van der Waals surface area contributed by atoms with Gasteiger partial charge >= 0.3 is 0 Å². The van der Waals surface area contributed by atoms with Gasteiger partial charge in [0.15, 0.2) is 0 Å². The molecule has 4 aromatic rings. The standard InChI is InChI=1S/C24H24N6/c1-17-26-22(28-19-9-11-20(12-10-19)30-14-2-3-15-30)16-23(27-17)29-21-8-4-6-18-7-5-13-25-24(18)21/h4-13,16H,2-3,14-15H2,1H3,(H2,26,27,28,29). The molecule has 1 fully saturated rings. The molecule has 0 bridgehead atoms. The average Bonchev–Trinajstić information content (AvgIpc) is 3.29. The summed E-state index contributed by atoms with van der Waals surface area (Å²) in [6.45, 7) is 4.19. The number of para-hydroxylation sites is 1. The Morgan fingerprint density at radius 3 is 2.37 bits per heavy atom. The Labute approximate surface area is 176 Å². The number of aryl methyl sites for hydroxylation is 1. The van der Waals surface area contributed by atoms with Crippen LogP contribution in [0.3, 0.4) is 0 Å². The second-order valence-electron chi connectivity index (χ2n) is 7.56. The molecule has 5 rings (SSSR count). The normalized spacial score (nSPS) is 13.6. The van der Waals surface area contributed by atoms with Crippen LogP contribution in [-0.4, -0.2) is 28.0 Å². The van der Waals surface area contributed by atoms with Crippen LogP contribution in [0.2, 0.25) is 0 Å². The fraction of sp³-hybridized carbons (Fsp3) is 0.208. The van der Waals surface area contributed by atoms with Gasteiger partial charge < -0.3 is 15.5 Å². The summed E-state index contributed by atoms with van der Waals surface area (Å²) in [5.74, 6) is 2.19. The summed E-state index contributed by atoms with van der Waals surface area (Å²) in [7, 11) is 0. The number of hydrogen-bond donors (Lipinski definition) is 2. The summed E-state index contributed by atoms with van der Waals surface area (Å²) in [4.78, 5) is 16.0. The fourth-order valence-corrected chi connectivity index (χ4v) is 3.92. The highest BCUT2D eigenvalue weighted by Gasteiger charge is 2.12. The van der Waals surface area contributed by atoms with E-state index in [1.165, 1.54) is 18.5 Å². The van der Waals surface area contributed by atoms with Crippen molar-refractivity contribution in [3.05, 3.63) is 72.7 Å². The van der Waals surface area contributed by atoms with E-state index >= 15 is 0 Å². The molecular formula is C24H24N6. The number of benzene rings is 2. The van der Waals surface area contributed by atoms with Crippen LogP contribution in [0.4, 0.5) is 28.7 Å². The highest BCUT2D eigenvalue weighted by molar-refractivity contribution is 5.91. The summed E-state index contributed by atoms with van der Waals surface area (Å²) >= 11 is 0. The number of hydrogen-bond acceptors (Lipinski definition) is 6. The molecule has 150 valence electrons. The van der Waals surface area contributed by atoms with Gasteiger partial charge in [-0.25, -0.2) is 9.97 Å². The number of fused-ring (bicyclic) bond motifs is 1. The van der Waals surface area contributed by atoms with Crippen LogP contribution in [0.15, 0.2) is 66.9 Å². The molecule has 1 saturated heterocycles. The Morgan fingerprint density at radius 2 is 1.57 bits per heavy atom. The number of nitrogens with zero attached hydrogens (tertiary/aromatic N) is 4. The van der Waals surface area contributed by atoms with E-state index in [-0.39, 0.29) is 0 Å². The minimum Gasteiger partial charge on any atom is -0.372 e. The van der Waals surface area contributed by atoms with Crippen LogP contribution in [0.1, 0.15) is 18.7 Å². The van der Waals surface area contributed by atoms with Gasteiger partial charge in [0.2, 0.25) is 0 Å². The van der Waals surface area contributed by atoms with Crippen LogP contribution >= 0.6 is 0 Å². The van der Waals surface area contributed by atoms with Gasteiger partial charge in [0, 0.05) is 42.1 Å². The lowest BCUT2D eigenvalue weighted by molar-refractivity contribution is 0.949. The molecule has 1 aliphatic rings. The molecule has 6 nitrogen and oxygen atoms in total. The summed E-state index contributed by atoms with van der Waals surface area (Å²) in [5.41, 5.74) is 4.13. The van der Waals surface area contributed by atoms with Gasteiger partial charge in [0.05, 0.1) is 11.2 Å². The third-order valence-corrected chi connectivity index (χ3v) is 5.34. The Balaban J connectivity index is 1.37. The zero-order valence-electron chi connectivity index (χ0n) is 17.0. The maximum atomic E-state index is 4.55. The summed E-state index contributed by atoms with van der Waals surface area (Å²) in [6.07, 6.45) is 4.36. The van der Waals surface area contributed by atoms with Crippen LogP contribution in [0, 0.1) is 6.92 Å². The Kier molecular flexibility index (Phi) is 4.89. The van der Waals surface area contributed by atoms with Gasteiger partial charge in [0.25, 0.3) is 0 Å². The van der Waals surface area contributed by atoms with E-state index in [0.29, 0.717) is 5.82 Å². The van der Waals surface area contributed by atoms with E-state index in [1.54, 1.807) is 6.20 Å². The van der Waals surface area contributed by atoms with Crippen molar-refractivity contribution in [2.24, 2.45) is 0 Å². The van der Waals surface area contributed by atoms with Gasteiger partial charge in [-0.3, -0.25) is 4.98 Å². The maximum absolute atomic E-state index is 4.55. The predicted molar refractivity (Wildman–Crippen MR) is 123 cm³/mol. The first-order valence-corrected chi connectivity index (χ1v) is 10.3. The highest BCUT2D eigenvalue weighted by Crippen LogP contribution is 2.27. The monoisotopic (exact) mass is 396 g/mol. The summed E-state index contributed by atoms with van der Waals surface area (Å²) in [5, 5.41) is 7.89. The van der Waals surface area contributed by atoms with Crippen LogP contribution in [-0.2, 0) is 0 Å². The van der Waals surface area contributed by atoms with Crippen molar-refractivity contribution in [3.63, 3.8) is 0 Å². The molecule has 0 saturated carbocycles. The lowest BCUT2D eigenvalue weighted by Crippen LogP contribution is -2.17. The number of rotatable bonds is 5. The molecule has 6 heteroatoms. The Hall–Kier alpha value is -3.67. The average molecular weight is 396 g/mol. The van der Waals surface area contributed by atoms with Crippen molar-refractivity contribution in [2.45, 2.75) is 19.8 Å². The van der Waals surface area contributed by atoms with Gasteiger partial charge in [-0.05, 0) is 56.2 Å². The second-order valence-corrected chi connectivity index (χ2v) is 7.56. The van der Waals surface area contributed by atoms with E-state index in [1.807, 2.05) is 31.2 Å². The van der Waals surface area contributed by atoms with E-state index in [9.17, 15) is 0 Å². The van der Waals surface area contributed by atoms with Gasteiger partial charge in [-0.15, -0.1) is 0 Å². The fourth-order valence-electron chi connectivity index (χ4n) is 3.92. The van der Waals surface area contributed by atoms with Crippen LogP contribution in [0.5, 0.6) is 0 Å². The molecule has 0 unspecified atom stereocenters. The maximum Gasteiger partial charge on any atom is 0.136 e. The Bertz CT molecular complexity index is 1160. The molecule has 0 aliphatic carbocycles. The first-order chi connectivity index (χ1) is 14.7. The Morgan fingerprint density at radius 1 is 0.833 bits per heavy atom. The molecule has 2 aromatic heterocycles. The zero-order chi connectivity index (χ0) is 20.3. The largest absolute Gasteiger partial charge is 0.372 e. The molecular weight excluding hydrogens is 372 g/mol. The quantitative estimate of drug-likeness (QED) is 0.469. The molecule has 2 aromatic carbocycles. The number of anilines is 5. The topological polar surface area (TPSA) is 66.0 Å². The molecule has 30 heavy (non-hydrogen) atoms. The van der Waals surface area contributed by atoms with Gasteiger partial charge in [-0.1, -0.05) is 18.2 Å². The van der Waals surface area contributed by atoms with Crippen molar-refractivity contribution in [2.75, 3.05) is 28.6 Å². The first kappa shape index (κ1) is 18.4. The van der Waals surface area contributed by atoms with Crippen molar-refractivity contribution >= 4 is 39.6 Å². The van der Waals surface area contributed by atoms with Crippen molar-refractivity contribution in [3.8, 4) is 0 Å². The third-order valence-electron chi connectivity index (χ3n) is 5.34. The molecule has 0 atom stereocenters. The van der Waals surface area contributed by atoms with Crippen LogP contribution < -0.4 is 15.5 Å². The molecule has 2 N–H and O–H groups in total. The molecule has 0 amide bonds. The smallest absolute Gasteiger partial charge is 0.136 e. The lowest BCUT2D eigenvalue weighted by atomic mass is 10.2. The molecule has 0 spiro atoms. The molecule has 3 heterocycles. The second kappa shape index (κ2) is 7.99. The van der Waals surface area contributed by atoms with Crippen LogP contribution in [0.25, 0.3) is 10.9 Å². The van der Waals surface area contributed by atoms with E-state index in [0.717, 1.165) is 47.0 Å². The van der Waals surface area contributed by atoms with Crippen molar-refractivity contribution in [1.82, 2.24) is 15.0 Å². The zero-order valence-corrected chi connectivity index (χ0v) is 17.0. The molecule has 0 radical (unpaired) electrons. The number of aromatic nitrogens is 3. The van der Waals surface area contributed by atoms with E-state index < -0.39 is 0 Å². The van der Waals surface area contributed by atoms with Crippen molar-refractivity contribution in [1.29, 1.82) is 0 Å². The minimum absolute atomic E-state index is 0.699. The predicted octanol–water partition coefficient (Wildman–Crippen LogP) is 5.42. The van der Waals surface area contributed by atoms with Gasteiger partial charge in [-0.2, -0.15) is 0 Å². The van der Waals surface area contributed by atoms with Crippen molar-refractivity contribution < 1.29 is 0 Å². The van der Waals surface area contributed by atoms with E-state index in [2.05, 4.69) is 66.9 Å². The highest BCUT2D eigenvalue weighted by atomic mass is 15.1. The SMILES string of the molecule is Cc1nc(Nc2ccc(N3CCCC3)cc2)cc(Nc2cccc3cccnc23)n1. The van der Waals surface area contributed by atoms with E-state index in [4.69, 9.17) is 0 Å². The number of nitrogens with one attached hydrogen (secondary N) is 2. The number of pyridine rings is 1. The lowest BCUT2D eigenvalue weighted by Gasteiger charge is -2.18. The summed E-state index contributed by atoms with van der Waals surface area (Å²) in [6, 6.07) is 20.5. The summed E-state index contributed by atoms with van der Waals surface area (Å²) < 4.78 is 0. The molecule has 1 aliphatic heterocycles. The van der Waals surface area contributed by atoms with Gasteiger partial charge in [0.1, 0.15) is 17.5 Å². The third kappa shape index (κ3) is 3.89. The first-order valence-electron chi connectivity index (χ1n) is 10.3.